The molecule has 1 rings (SSSR count). The van der Waals surface area contributed by atoms with Crippen molar-refractivity contribution < 1.29 is 21.9 Å². The Hall–Kier alpha value is -1.35. The van der Waals surface area contributed by atoms with Gasteiger partial charge in [0.1, 0.15) is 13.5 Å². The molecule has 0 radical (unpaired) electrons. The quantitative estimate of drug-likeness (QED) is 0.413. The summed E-state index contributed by atoms with van der Waals surface area (Å²) >= 11 is 0. The van der Waals surface area contributed by atoms with Crippen molar-refractivity contribution in [3.8, 4) is 0 Å². The summed E-state index contributed by atoms with van der Waals surface area (Å²) in [6.07, 6.45) is 0. The van der Waals surface area contributed by atoms with Gasteiger partial charge in [0.2, 0.25) is 10.4 Å². The average Bonchev–Trinajstić information content (AvgIpc) is 2.35. The van der Waals surface area contributed by atoms with Gasteiger partial charge in [-0.3, -0.25) is 4.18 Å². The molecule has 0 saturated carbocycles. The summed E-state index contributed by atoms with van der Waals surface area (Å²) < 4.78 is 40.3. The summed E-state index contributed by atoms with van der Waals surface area (Å²) in [5, 5.41) is 0. The molecular weight excluding hydrogens is 272 g/mol. The fourth-order valence-corrected chi connectivity index (χ4v) is 1.74. The lowest BCUT2D eigenvalue weighted by Gasteiger charge is -2.22. The first-order valence-electron chi connectivity index (χ1n) is 5.45. The highest BCUT2D eigenvalue weighted by atomic mass is 32.3. The van der Waals surface area contributed by atoms with Crippen LogP contribution in [0, 0.1) is 0 Å². The van der Waals surface area contributed by atoms with Gasteiger partial charge in [-0.2, -0.15) is 0 Å². The number of nitrogens with zero attached hydrogens (tertiary/aromatic N) is 2. The number of ether oxygens (including phenoxy) is 1. The van der Waals surface area contributed by atoms with Crippen LogP contribution in [0.4, 0.5) is 11.4 Å². The highest BCUT2D eigenvalue weighted by Crippen LogP contribution is 2.19. The van der Waals surface area contributed by atoms with Crippen LogP contribution in [0.3, 0.4) is 0 Å². The van der Waals surface area contributed by atoms with Gasteiger partial charge in [-0.1, -0.05) is 0 Å². The molecule has 0 aliphatic carbocycles. The molecule has 108 valence electrons. The van der Waals surface area contributed by atoms with Crippen LogP contribution in [-0.2, 0) is 19.3 Å². The summed E-state index contributed by atoms with van der Waals surface area (Å²) in [6.45, 7) is 0.145. The van der Waals surface area contributed by atoms with E-state index in [1.54, 1.807) is 26.3 Å². The highest BCUT2D eigenvalue weighted by Gasteiger charge is 2.05. The van der Waals surface area contributed by atoms with Crippen molar-refractivity contribution in [1.29, 1.82) is 0 Å². The molecule has 0 heterocycles. The fraction of sp³-hybridized carbons (Fsp3) is 0.455. The van der Waals surface area contributed by atoms with Gasteiger partial charge < -0.3 is 19.1 Å². The first-order chi connectivity index (χ1) is 8.83. The molecule has 1 aromatic carbocycles. The maximum Gasteiger partial charge on any atom is 0.219 e. The monoisotopic (exact) mass is 289 g/mol. The summed E-state index contributed by atoms with van der Waals surface area (Å²) in [6, 6.07) is 7.30. The number of methoxy groups -OCH3 is 1. The number of hydrogen-bond donors (Lipinski definition) is 0. The summed E-state index contributed by atoms with van der Waals surface area (Å²) in [5.41, 5.74) is 1.69. The van der Waals surface area contributed by atoms with Crippen molar-refractivity contribution in [3.05, 3.63) is 24.3 Å². The molecule has 0 atom stereocenters. The summed E-state index contributed by atoms with van der Waals surface area (Å²) in [7, 11) is 0.446. The summed E-state index contributed by atoms with van der Waals surface area (Å²) in [5.74, 6) is 0. The lowest BCUT2D eigenvalue weighted by molar-refractivity contribution is 0.202. The molecule has 0 unspecified atom stereocenters. The largest absolute Gasteiger partial charge is 0.725 e. The van der Waals surface area contributed by atoms with Gasteiger partial charge in [0.25, 0.3) is 0 Å². The minimum Gasteiger partial charge on any atom is -0.725 e. The molecule has 0 spiro atoms. The van der Waals surface area contributed by atoms with E-state index in [-0.39, 0.29) is 6.73 Å². The molecule has 1 aromatic rings. The Balaban J connectivity index is 2.65. The van der Waals surface area contributed by atoms with Crippen LogP contribution < -0.4 is 9.80 Å². The average molecular weight is 289 g/mol. The van der Waals surface area contributed by atoms with Crippen molar-refractivity contribution in [2.75, 3.05) is 44.5 Å². The molecule has 0 bridgehead atoms. The van der Waals surface area contributed by atoms with Crippen LogP contribution in [0.1, 0.15) is 0 Å². The van der Waals surface area contributed by atoms with Crippen molar-refractivity contribution in [2.24, 2.45) is 0 Å². The van der Waals surface area contributed by atoms with E-state index in [4.69, 9.17) is 4.74 Å². The zero-order valence-corrected chi connectivity index (χ0v) is 11.9. The predicted octanol–water partition coefficient (Wildman–Crippen LogP) is 0.597. The van der Waals surface area contributed by atoms with E-state index in [0.717, 1.165) is 11.4 Å². The van der Waals surface area contributed by atoms with Gasteiger partial charge in [-0.05, 0) is 24.3 Å². The molecule has 0 N–H and O–H groups in total. The predicted molar refractivity (Wildman–Crippen MR) is 70.8 cm³/mol. The van der Waals surface area contributed by atoms with Gasteiger partial charge in [0, 0.05) is 32.6 Å². The van der Waals surface area contributed by atoms with Crippen molar-refractivity contribution in [2.45, 2.75) is 0 Å². The Morgan fingerprint density at radius 1 is 1.05 bits per heavy atom. The van der Waals surface area contributed by atoms with Crippen LogP contribution in [0.2, 0.25) is 0 Å². The number of rotatable bonds is 7. The number of benzene rings is 1. The second-order valence-electron chi connectivity index (χ2n) is 3.99. The van der Waals surface area contributed by atoms with Crippen LogP contribution in [-0.4, -0.2) is 47.6 Å². The molecule has 0 fully saturated rings. The lowest BCUT2D eigenvalue weighted by Crippen LogP contribution is -2.23. The highest BCUT2D eigenvalue weighted by molar-refractivity contribution is 7.80. The molecule has 0 aromatic heterocycles. The Morgan fingerprint density at radius 3 is 1.84 bits per heavy atom. The Morgan fingerprint density at radius 2 is 1.47 bits per heavy atom. The third-order valence-corrected chi connectivity index (χ3v) is 2.84. The minimum absolute atomic E-state index is 0.320. The molecule has 19 heavy (non-hydrogen) atoms. The van der Waals surface area contributed by atoms with Gasteiger partial charge >= 0.3 is 0 Å². The van der Waals surface area contributed by atoms with E-state index >= 15 is 0 Å². The van der Waals surface area contributed by atoms with Crippen molar-refractivity contribution in [3.63, 3.8) is 0 Å². The SMILES string of the molecule is COCN(C)c1ccc(N(C)COS(=O)(=O)[O-])cc1. The molecule has 8 heteroatoms. The van der Waals surface area contributed by atoms with Crippen LogP contribution in [0.5, 0.6) is 0 Å². The smallest absolute Gasteiger partial charge is 0.219 e. The van der Waals surface area contributed by atoms with Gasteiger partial charge in [0.15, 0.2) is 0 Å². The summed E-state index contributed by atoms with van der Waals surface area (Å²) in [4.78, 5) is 3.41. The van der Waals surface area contributed by atoms with E-state index in [1.165, 1.54) is 4.90 Å². The van der Waals surface area contributed by atoms with E-state index in [9.17, 15) is 13.0 Å². The third kappa shape index (κ3) is 5.43. The van der Waals surface area contributed by atoms with Crippen molar-refractivity contribution >= 4 is 21.8 Å². The molecule has 7 nitrogen and oxygen atoms in total. The molecule has 0 amide bonds. The molecule has 0 aliphatic rings. The second-order valence-corrected chi connectivity index (χ2v) is 5.04. The second kappa shape index (κ2) is 6.71. The fourth-order valence-electron chi connectivity index (χ4n) is 1.45. The molecule has 0 saturated heterocycles. The Kier molecular flexibility index (Phi) is 5.55. The Bertz CT molecular complexity index is 488. The van der Waals surface area contributed by atoms with E-state index in [0.29, 0.717) is 6.73 Å². The normalized spacial score (nSPS) is 11.4. The topological polar surface area (TPSA) is 82.1 Å². The van der Waals surface area contributed by atoms with E-state index < -0.39 is 10.4 Å². The number of anilines is 2. The maximum atomic E-state index is 10.4. The van der Waals surface area contributed by atoms with Crippen LogP contribution >= 0.6 is 0 Å². The van der Waals surface area contributed by atoms with Gasteiger partial charge in [-0.25, -0.2) is 8.42 Å². The number of hydrogen-bond acceptors (Lipinski definition) is 7. The van der Waals surface area contributed by atoms with Crippen molar-refractivity contribution in [1.82, 2.24) is 0 Å². The third-order valence-electron chi connectivity index (χ3n) is 2.44. The minimum atomic E-state index is -4.67. The Labute approximate surface area is 113 Å². The van der Waals surface area contributed by atoms with E-state index in [1.807, 2.05) is 24.1 Å². The van der Waals surface area contributed by atoms with Crippen LogP contribution in [0.15, 0.2) is 24.3 Å². The van der Waals surface area contributed by atoms with Crippen LogP contribution in [0.25, 0.3) is 0 Å². The molecule has 0 aliphatic heterocycles. The lowest BCUT2D eigenvalue weighted by atomic mass is 10.2. The zero-order chi connectivity index (χ0) is 14.5. The molecular formula is C11H17N2O5S-. The zero-order valence-electron chi connectivity index (χ0n) is 11.1. The maximum absolute atomic E-state index is 10.4. The van der Waals surface area contributed by atoms with Gasteiger partial charge in [0.05, 0.1) is 0 Å². The standard InChI is InChI=1S/C11H18N2O5S/c1-12(8-17-3)10-4-6-11(7-5-10)13(2)9-18-19(14,15)16/h4-7H,8-9H2,1-3H3,(H,14,15,16)/p-1. The first kappa shape index (κ1) is 15.7. The van der Waals surface area contributed by atoms with E-state index in [2.05, 4.69) is 4.18 Å². The first-order valence-corrected chi connectivity index (χ1v) is 6.78. The van der Waals surface area contributed by atoms with Gasteiger partial charge in [-0.15, -0.1) is 0 Å².